The molecule has 0 saturated heterocycles. The van der Waals surface area contributed by atoms with E-state index < -0.39 is 23.6 Å². The highest BCUT2D eigenvalue weighted by Gasteiger charge is 2.46. The summed E-state index contributed by atoms with van der Waals surface area (Å²) in [5.74, 6) is -1.81. The zero-order chi connectivity index (χ0) is 17.3. The maximum atomic E-state index is 12.0. The summed E-state index contributed by atoms with van der Waals surface area (Å²) < 4.78 is 14.7. The number of benzene rings is 1. The smallest absolute Gasteiger partial charge is 0.408 e. The van der Waals surface area contributed by atoms with Crippen LogP contribution in [0.1, 0.15) is 26.3 Å². The summed E-state index contributed by atoms with van der Waals surface area (Å²) >= 11 is 0. The summed E-state index contributed by atoms with van der Waals surface area (Å²) in [6.07, 6.45) is -0.919. The van der Waals surface area contributed by atoms with Crippen molar-refractivity contribution >= 4 is 18.0 Å². The van der Waals surface area contributed by atoms with Crippen molar-refractivity contribution in [3.8, 4) is 0 Å². The first-order chi connectivity index (χ1) is 10.9. The van der Waals surface area contributed by atoms with Crippen LogP contribution in [0.25, 0.3) is 0 Å². The summed E-state index contributed by atoms with van der Waals surface area (Å²) in [5, 5.41) is 2.22. The molecule has 1 aromatic carbocycles. The Morgan fingerprint density at radius 3 is 1.96 bits per heavy atom. The van der Waals surface area contributed by atoms with E-state index in [1.54, 1.807) is 38.1 Å². The standard InChI is InChI=1S/C16H21NO6/c1-4-21-13(18)16(3,14(19)22-5-2)17-15(20)23-11-12-9-7-6-8-10-12/h6-10H,4-5,11H2,1-3H3,(H,17,20). The molecule has 0 bridgehead atoms. The second-order valence-corrected chi connectivity index (χ2v) is 4.75. The molecule has 0 aliphatic heterocycles. The largest absolute Gasteiger partial charge is 0.464 e. The predicted octanol–water partition coefficient (Wildman–Crippen LogP) is 1.80. The number of hydrogen-bond acceptors (Lipinski definition) is 6. The van der Waals surface area contributed by atoms with E-state index in [-0.39, 0.29) is 19.8 Å². The van der Waals surface area contributed by atoms with Gasteiger partial charge in [0, 0.05) is 0 Å². The summed E-state index contributed by atoms with van der Waals surface area (Å²) in [4.78, 5) is 35.9. The quantitative estimate of drug-likeness (QED) is 0.467. The molecule has 0 spiro atoms. The van der Waals surface area contributed by atoms with E-state index in [0.717, 1.165) is 5.56 Å². The van der Waals surface area contributed by atoms with Crippen molar-refractivity contribution in [1.82, 2.24) is 5.32 Å². The molecular weight excluding hydrogens is 302 g/mol. The number of amides is 1. The first-order valence-corrected chi connectivity index (χ1v) is 7.27. The molecule has 0 aliphatic carbocycles. The van der Waals surface area contributed by atoms with Gasteiger partial charge in [-0.3, -0.25) is 5.32 Å². The molecule has 1 N–H and O–H groups in total. The van der Waals surface area contributed by atoms with Crippen molar-refractivity contribution in [2.75, 3.05) is 13.2 Å². The maximum Gasteiger partial charge on any atom is 0.408 e. The Morgan fingerprint density at radius 1 is 0.957 bits per heavy atom. The van der Waals surface area contributed by atoms with Crippen LogP contribution in [0.3, 0.4) is 0 Å². The first kappa shape index (κ1) is 18.5. The number of alkyl carbamates (subject to hydrolysis) is 1. The second-order valence-electron chi connectivity index (χ2n) is 4.75. The van der Waals surface area contributed by atoms with Crippen LogP contribution in [0.4, 0.5) is 4.79 Å². The van der Waals surface area contributed by atoms with Gasteiger partial charge in [0.05, 0.1) is 13.2 Å². The fraction of sp³-hybridized carbons (Fsp3) is 0.438. The molecule has 0 fully saturated rings. The first-order valence-electron chi connectivity index (χ1n) is 7.27. The topological polar surface area (TPSA) is 90.9 Å². The van der Waals surface area contributed by atoms with Gasteiger partial charge in [-0.05, 0) is 26.3 Å². The highest BCUT2D eigenvalue weighted by molar-refractivity contribution is 6.06. The zero-order valence-corrected chi connectivity index (χ0v) is 13.5. The van der Waals surface area contributed by atoms with Crippen LogP contribution in [0.15, 0.2) is 30.3 Å². The van der Waals surface area contributed by atoms with Crippen LogP contribution in [-0.4, -0.2) is 36.8 Å². The molecule has 1 aromatic rings. The Bertz CT molecular complexity index is 525. The van der Waals surface area contributed by atoms with Gasteiger partial charge in [-0.15, -0.1) is 0 Å². The van der Waals surface area contributed by atoms with E-state index in [2.05, 4.69) is 5.32 Å². The number of ether oxygens (including phenoxy) is 3. The summed E-state index contributed by atoms with van der Waals surface area (Å²) in [6, 6.07) is 9.00. The Hall–Kier alpha value is -2.57. The lowest BCUT2D eigenvalue weighted by Crippen LogP contribution is -2.59. The van der Waals surface area contributed by atoms with Crippen molar-refractivity contribution in [2.24, 2.45) is 0 Å². The van der Waals surface area contributed by atoms with E-state index >= 15 is 0 Å². The average molecular weight is 323 g/mol. The van der Waals surface area contributed by atoms with Crippen molar-refractivity contribution in [3.63, 3.8) is 0 Å². The van der Waals surface area contributed by atoms with E-state index in [1.807, 2.05) is 6.07 Å². The van der Waals surface area contributed by atoms with Gasteiger partial charge in [0.15, 0.2) is 0 Å². The lowest BCUT2D eigenvalue weighted by molar-refractivity contribution is -0.164. The van der Waals surface area contributed by atoms with E-state index in [1.165, 1.54) is 6.92 Å². The number of carbonyl (C=O) groups is 3. The SMILES string of the molecule is CCOC(=O)C(C)(NC(=O)OCc1ccccc1)C(=O)OCC. The number of carbonyl (C=O) groups excluding carboxylic acids is 3. The monoisotopic (exact) mass is 323 g/mol. The molecule has 126 valence electrons. The van der Waals surface area contributed by atoms with Gasteiger partial charge >= 0.3 is 18.0 Å². The third-order valence-electron chi connectivity index (χ3n) is 2.93. The summed E-state index contributed by atoms with van der Waals surface area (Å²) in [7, 11) is 0. The number of rotatable bonds is 7. The van der Waals surface area contributed by atoms with Crippen LogP contribution in [-0.2, 0) is 30.4 Å². The molecule has 0 radical (unpaired) electrons. The lowest BCUT2D eigenvalue weighted by atomic mass is 10.0. The van der Waals surface area contributed by atoms with Crippen LogP contribution in [0.5, 0.6) is 0 Å². The molecule has 1 rings (SSSR count). The number of hydrogen-bond donors (Lipinski definition) is 1. The Kier molecular flexibility index (Phi) is 7.05. The minimum atomic E-state index is -1.96. The van der Waals surface area contributed by atoms with Gasteiger partial charge in [0.2, 0.25) is 5.54 Å². The number of nitrogens with one attached hydrogen (secondary N) is 1. The summed E-state index contributed by atoms with van der Waals surface area (Å²) in [6.45, 7) is 4.54. The van der Waals surface area contributed by atoms with E-state index in [4.69, 9.17) is 14.2 Å². The predicted molar refractivity (Wildman–Crippen MR) is 81.4 cm³/mol. The van der Waals surface area contributed by atoms with Crippen LogP contribution < -0.4 is 5.32 Å². The fourth-order valence-corrected chi connectivity index (χ4v) is 1.70. The molecule has 23 heavy (non-hydrogen) atoms. The molecule has 7 nitrogen and oxygen atoms in total. The van der Waals surface area contributed by atoms with Gasteiger partial charge in [-0.1, -0.05) is 30.3 Å². The minimum Gasteiger partial charge on any atom is -0.464 e. The van der Waals surface area contributed by atoms with Crippen molar-refractivity contribution in [2.45, 2.75) is 32.9 Å². The van der Waals surface area contributed by atoms with Crippen LogP contribution >= 0.6 is 0 Å². The zero-order valence-electron chi connectivity index (χ0n) is 13.5. The maximum absolute atomic E-state index is 12.0. The van der Waals surface area contributed by atoms with E-state index in [9.17, 15) is 14.4 Å². The third-order valence-corrected chi connectivity index (χ3v) is 2.93. The molecule has 7 heteroatoms. The van der Waals surface area contributed by atoms with Crippen molar-refractivity contribution in [1.29, 1.82) is 0 Å². The van der Waals surface area contributed by atoms with Crippen LogP contribution in [0.2, 0.25) is 0 Å². The van der Waals surface area contributed by atoms with E-state index in [0.29, 0.717) is 0 Å². The molecule has 0 heterocycles. The van der Waals surface area contributed by atoms with Gasteiger partial charge < -0.3 is 14.2 Å². The molecule has 0 atom stereocenters. The van der Waals surface area contributed by atoms with Gasteiger partial charge in [0.1, 0.15) is 6.61 Å². The second kappa shape index (κ2) is 8.77. The molecule has 0 saturated carbocycles. The molecular formula is C16H21NO6. The Morgan fingerprint density at radius 2 is 1.48 bits per heavy atom. The molecule has 0 unspecified atom stereocenters. The van der Waals surface area contributed by atoms with Gasteiger partial charge in [0.25, 0.3) is 0 Å². The van der Waals surface area contributed by atoms with Crippen molar-refractivity contribution < 1.29 is 28.6 Å². The molecule has 1 amide bonds. The molecule has 0 aliphatic rings. The highest BCUT2D eigenvalue weighted by Crippen LogP contribution is 2.11. The minimum absolute atomic E-state index is 0.00834. The highest BCUT2D eigenvalue weighted by atomic mass is 16.6. The fourth-order valence-electron chi connectivity index (χ4n) is 1.70. The molecule has 0 aromatic heterocycles. The Labute approximate surface area is 134 Å². The Balaban J connectivity index is 2.73. The normalized spacial score (nSPS) is 10.6. The van der Waals surface area contributed by atoms with Gasteiger partial charge in [-0.25, -0.2) is 14.4 Å². The lowest BCUT2D eigenvalue weighted by Gasteiger charge is -2.25. The third kappa shape index (κ3) is 5.28. The van der Waals surface area contributed by atoms with Crippen molar-refractivity contribution in [3.05, 3.63) is 35.9 Å². The summed E-state index contributed by atoms with van der Waals surface area (Å²) in [5.41, 5.74) is -1.18. The average Bonchev–Trinajstić information content (AvgIpc) is 2.54. The van der Waals surface area contributed by atoms with Crippen LogP contribution in [0, 0.1) is 0 Å². The van der Waals surface area contributed by atoms with Gasteiger partial charge in [-0.2, -0.15) is 0 Å². The number of esters is 2.